The predicted octanol–water partition coefficient (Wildman–Crippen LogP) is 7.43. The van der Waals surface area contributed by atoms with Crippen molar-refractivity contribution in [2.24, 2.45) is 0 Å². The van der Waals surface area contributed by atoms with Gasteiger partial charge in [-0.05, 0) is 72.9 Å². The molecule has 0 fully saturated rings. The zero-order chi connectivity index (χ0) is 49.3. The van der Waals surface area contributed by atoms with Crippen LogP contribution < -0.4 is 20.8 Å². The van der Waals surface area contributed by atoms with Crippen molar-refractivity contribution in [2.45, 2.75) is 116 Å². The average Bonchev–Trinajstić information content (AvgIpc) is 3.80. The van der Waals surface area contributed by atoms with E-state index in [1.54, 1.807) is 9.13 Å². The number of carboxylic acid groups (broad SMARTS) is 2. The molecule has 2 amide bonds. The van der Waals surface area contributed by atoms with Crippen molar-refractivity contribution in [3.8, 4) is 34.0 Å². The molecule has 0 radical (unpaired) electrons. The zero-order valence-corrected chi connectivity index (χ0v) is 42.0. The molecule has 0 aliphatic carbocycles. The number of hydrogen-bond donors (Lipinski definition) is 6. The minimum atomic E-state index is -1.47. The summed E-state index contributed by atoms with van der Waals surface area (Å²) in [5.74, 6) is -3.54. The van der Waals surface area contributed by atoms with E-state index in [1.165, 1.54) is 0 Å². The van der Waals surface area contributed by atoms with E-state index in [1.807, 2.05) is 149 Å². The number of aromatic nitrogens is 2. The van der Waals surface area contributed by atoms with Gasteiger partial charge in [0, 0.05) is 35.9 Å². The topological polar surface area (TPSA) is 229 Å². The van der Waals surface area contributed by atoms with Crippen LogP contribution in [0.25, 0.3) is 22.3 Å². The average molecular weight is 967 g/mol. The summed E-state index contributed by atoms with van der Waals surface area (Å²) in [5.41, 5.74) is 6.16. The van der Waals surface area contributed by atoms with Crippen molar-refractivity contribution >= 4 is 72.9 Å². The fraction of sp³-hybridized carbons (Fsp3) is 0.333. The third-order valence-electron chi connectivity index (χ3n) is 11.6. The SMILES string of the molecule is CC(C)c1c(C(=O)Nc2ccccc2)c(-c2ccccc2)c(O)n1CCCCCC(O)C(=O)[O-].CC(C)c1c(C(=O)Nc2ccccc2)c(-c2ccccc2)c(O)n1CCCCCC(O)C(=O)[O-].[Ca+2]. The van der Waals surface area contributed by atoms with Crippen LogP contribution in [0.1, 0.15) is 123 Å². The fourth-order valence-electron chi connectivity index (χ4n) is 8.35. The van der Waals surface area contributed by atoms with Crippen molar-refractivity contribution in [3.05, 3.63) is 144 Å². The van der Waals surface area contributed by atoms with E-state index in [0.29, 0.717) is 85.2 Å². The van der Waals surface area contributed by atoms with Gasteiger partial charge >= 0.3 is 37.7 Å². The standard InChI is InChI=1S/2C27H32N2O5.Ca/c2*1-18(2)24-23(25(31)28-20-14-8-4-9-15-20)22(19-12-6-3-7-13-19)26(32)29(24)17-11-5-10-16-21(30)27(33)34;/h2*3-4,6-9,12-15,18,21,30,32H,5,10-11,16-17H2,1-2H3,(H,28,31)(H,33,34);/q;;+2/p-2. The van der Waals surface area contributed by atoms with Crippen LogP contribution in [-0.2, 0) is 22.7 Å². The first-order valence-electron chi connectivity index (χ1n) is 23.1. The molecule has 0 spiro atoms. The van der Waals surface area contributed by atoms with Crippen LogP contribution in [0.15, 0.2) is 121 Å². The first-order valence-corrected chi connectivity index (χ1v) is 23.1. The molecule has 6 N–H and O–H groups in total. The molecule has 2 atom stereocenters. The van der Waals surface area contributed by atoms with Gasteiger partial charge in [-0.15, -0.1) is 0 Å². The van der Waals surface area contributed by atoms with E-state index >= 15 is 0 Å². The number of rotatable bonds is 22. The number of carbonyl (C=O) groups excluding carboxylic acids is 4. The summed E-state index contributed by atoms with van der Waals surface area (Å²) in [6, 6.07) is 37.1. The van der Waals surface area contributed by atoms with Crippen molar-refractivity contribution in [3.63, 3.8) is 0 Å². The number of hydrogen-bond acceptors (Lipinski definition) is 10. The second-order valence-electron chi connectivity index (χ2n) is 17.3. The smallest absolute Gasteiger partial charge is 0.547 e. The van der Waals surface area contributed by atoms with Crippen LogP contribution in [0.2, 0.25) is 0 Å². The second kappa shape index (κ2) is 27.3. The number of aliphatic carboxylic acids is 2. The summed E-state index contributed by atoms with van der Waals surface area (Å²) in [6.45, 7) is 8.84. The third-order valence-corrected chi connectivity index (χ3v) is 11.6. The van der Waals surface area contributed by atoms with E-state index in [0.717, 1.165) is 22.5 Å². The van der Waals surface area contributed by atoms with Crippen LogP contribution in [0.3, 0.4) is 0 Å². The summed E-state index contributed by atoms with van der Waals surface area (Å²) in [5, 5.41) is 68.6. The number of aromatic hydroxyl groups is 2. The maximum Gasteiger partial charge on any atom is 2.00 e. The summed E-state index contributed by atoms with van der Waals surface area (Å²) >= 11 is 0. The number of nitrogens with zero attached hydrogens (tertiary/aromatic N) is 2. The van der Waals surface area contributed by atoms with Gasteiger partial charge in [-0.3, -0.25) is 9.59 Å². The second-order valence-corrected chi connectivity index (χ2v) is 17.3. The van der Waals surface area contributed by atoms with Crippen LogP contribution >= 0.6 is 0 Å². The quantitative estimate of drug-likeness (QED) is 0.0291. The third kappa shape index (κ3) is 15.0. The molecule has 4 aromatic carbocycles. The molecule has 2 unspecified atom stereocenters. The number of carboxylic acids is 2. The number of amides is 2. The minimum absolute atomic E-state index is 0. The maximum absolute atomic E-state index is 13.5. The summed E-state index contributed by atoms with van der Waals surface area (Å²) in [4.78, 5) is 48.3. The first kappa shape index (κ1) is 55.7. The Hall–Kier alpha value is -5.90. The fourth-order valence-corrected chi connectivity index (χ4v) is 8.35. The Kier molecular flexibility index (Phi) is 22.1. The van der Waals surface area contributed by atoms with Gasteiger partial charge in [0.1, 0.15) is 0 Å². The Morgan fingerprint density at radius 3 is 1.09 bits per heavy atom. The van der Waals surface area contributed by atoms with E-state index in [9.17, 15) is 49.8 Å². The molecular weight excluding hydrogens is 905 g/mol. The molecular formula is C54H62CaN4O10. The van der Waals surface area contributed by atoms with Crippen LogP contribution in [0.5, 0.6) is 11.8 Å². The number of nitrogens with one attached hydrogen (secondary N) is 2. The molecule has 0 aliphatic rings. The number of aliphatic hydroxyl groups is 2. The van der Waals surface area contributed by atoms with Gasteiger partial charge in [0.25, 0.3) is 11.8 Å². The number of anilines is 2. The van der Waals surface area contributed by atoms with Gasteiger partial charge in [-0.2, -0.15) is 0 Å². The molecule has 6 rings (SSSR count). The van der Waals surface area contributed by atoms with Gasteiger partial charge in [-0.25, -0.2) is 0 Å². The largest absolute Gasteiger partial charge is 2.00 e. The van der Waals surface area contributed by atoms with E-state index < -0.39 is 24.1 Å². The number of aliphatic hydroxyl groups excluding tert-OH is 2. The first-order chi connectivity index (χ1) is 32.6. The predicted molar refractivity (Wildman–Crippen MR) is 265 cm³/mol. The molecule has 6 aromatic rings. The summed E-state index contributed by atoms with van der Waals surface area (Å²) < 4.78 is 3.56. The van der Waals surface area contributed by atoms with Gasteiger partial charge in [0.2, 0.25) is 0 Å². The van der Waals surface area contributed by atoms with E-state index in [-0.39, 0.29) is 86.0 Å². The molecule has 69 heavy (non-hydrogen) atoms. The number of benzene rings is 4. The van der Waals surface area contributed by atoms with Gasteiger partial charge < -0.3 is 60.0 Å². The number of carbonyl (C=O) groups is 4. The molecule has 2 aromatic heterocycles. The molecule has 0 saturated carbocycles. The Morgan fingerprint density at radius 1 is 0.493 bits per heavy atom. The number of para-hydroxylation sites is 2. The normalized spacial score (nSPS) is 11.8. The van der Waals surface area contributed by atoms with E-state index in [4.69, 9.17) is 0 Å². The Morgan fingerprint density at radius 2 is 0.797 bits per heavy atom. The van der Waals surface area contributed by atoms with Crippen molar-refractivity contribution in [1.82, 2.24) is 9.13 Å². The monoisotopic (exact) mass is 966 g/mol. The Labute approximate surface area is 433 Å². The van der Waals surface area contributed by atoms with Gasteiger partial charge in [0.05, 0.1) is 46.4 Å². The Bertz CT molecular complexity index is 2400. The Balaban J connectivity index is 0.000000296. The van der Waals surface area contributed by atoms with Crippen LogP contribution in [0.4, 0.5) is 11.4 Å². The zero-order valence-electron chi connectivity index (χ0n) is 39.8. The molecule has 14 nitrogen and oxygen atoms in total. The van der Waals surface area contributed by atoms with Crippen molar-refractivity contribution < 1.29 is 49.8 Å². The van der Waals surface area contributed by atoms with Crippen LogP contribution in [-0.4, -0.2) is 103 Å². The maximum atomic E-state index is 13.5. The summed E-state index contributed by atoms with van der Waals surface area (Å²) in [6.07, 6.45) is 0.951. The van der Waals surface area contributed by atoms with Gasteiger partial charge in [-0.1, -0.05) is 150 Å². The van der Waals surface area contributed by atoms with Crippen molar-refractivity contribution in [1.29, 1.82) is 0 Å². The van der Waals surface area contributed by atoms with Gasteiger partial charge in [0.15, 0.2) is 11.8 Å². The molecule has 0 aliphatic heterocycles. The minimum Gasteiger partial charge on any atom is -0.547 e. The molecule has 2 heterocycles. The van der Waals surface area contributed by atoms with Crippen molar-refractivity contribution in [2.75, 3.05) is 10.6 Å². The van der Waals surface area contributed by atoms with E-state index in [2.05, 4.69) is 10.6 Å². The molecule has 0 saturated heterocycles. The number of unbranched alkanes of at least 4 members (excludes halogenated alkanes) is 4. The molecule has 0 bridgehead atoms. The molecule has 15 heteroatoms. The summed E-state index contributed by atoms with van der Waals surface area (Å²) in [7, 11) is 0. The molecule has 360 valence electrons. The van der Waals surface area contributed by atoms with Crippen LogP contribution in [0, 0.1) is 0 Å².